The normalized spacial score (nSPS) is 26.1. The average Bonchev–Trinajstić information content (AvgIpc) is 2.95. The number of cyclic esters (lactones) is 1. The van der Waals surface area contributed by atoms with Crippen molar-refractivity contribution >= 4 is 29.7 Å². The van der Waals surface area contributed by atoms with E-state index in [0.29, 0.717) is 19.3 Å². The van der Waals surface area contributed by atoms with Crippen LogP contribution in [-0.4, -0.2) is 69.9 Å². The standard InChI is InChI=1S/C31H45N3O7/c1-4-5-12-20(2)26-19-27(35)33-24(17-22-13-8-6-9-14-22)29(38)32-21(3)30(39)34(23-15-10-7-11-16-23)25(18-28(36)37)31(40)41-26/h6,8-9,13-14,20-21,23-26H,4-5,7,10-12,15-19H2,1-3H3,(H,32,38)(H,33,35)(H,36,37)/t20-,21-,24-,25+,26+/m0/s1. The molecule has 3 amide bonds. The van der Waals surface area contributed by atoms with Crippen molar-refractivity contribution < 1.29 is 33.8 Å². The molecule has 1 aromatic rings. The number of hydrogen-bond acceptors (Lipinski definition) is 6. The minimum absolute atomic E-state index is 0.179. The fourth-order valence-electron chi connectivity index (χ4n) is 5.80. The Labute approximate surface area is 242 Å². The summed E-state index contributed by atoms with van der Waals surface area (Å²) in [5.74, 6) is -3.78. The number of amides is 3. The Morgan fingerprint density at radius 1 is 1.07 bits per heavy atom. The van der Waals surface area contributed by atoms with E-state index in [-0.39, 0.29) is 24.8 Å². The van der Waals surface area contributed by atoms with Gasteiger partial charge in [0.2, 0.25) is 17.7 Å². The molecule has 10 heteroatoms. The van der Waals surface area contributed by atoms with E-state index in [2.05, 4.69) is 10.6 Å². The van der Waals surface area contributed by atoms with Gasteiger partial charge in [-0.2, -0.15) is 0 Å². The van der Waals surface area contributed by atoms with E-state index < -0.39 is 60.3 Å². The highest BCUT2D eigenvalue weighted by Gasteiger charge is 2.42. The van der Waals surface area contributed by atoms with E-state index in [0.717, 1.165) is 37.7 Å². The van der Waals surface area contributed by atoms with E-state index in [1.807, 2.05) is 44.2 Å². The van der Waals surface area contributed by atoms with Crippen molar-refractivity contribution in [3.8, 4) is 0 Å². The Hall–Kier alpha value is -3.43. The summed E-state index contributed by atoms with van der Waals surface area (Å²) in [6, 6.07) is 5.52. The third-order valence-electron chi connectivity index (χ3n) is 8.16. The maximum Gasteiger partial charge on any atom is 0.329 e. The molecule has 0 radical (unpaired) electrons. The lowest BCUT2D eigenvalue weighted by atomic mass is 9.91. The molecule has 0 bridgehead atoms. The number of rotatable bonds is 9. The van der Waals surface area contributed by atoms with Gasteiger partial charge in [0.05, 0.1) is 12.8 Å². The second kappa shape index (κ2) is 15.5. The van der Waals surface area contributed by atoms with Crippen LogP contribution in [0.25, 0.3) is 0 Å². The van der Waals surface area contributed by atoms with E-state index in [1.165, 1.54) is 11.8 Å². The number of nitrogens with zero attached hydrogens (tertiary/aromatic N) is 1. The molecule has 5 atom stereocenters. The summed E-state index contributed by atoms with van der Waals surface area (Å²) in [5, 5.41) is 15.3. The minimum Gasteiger partial charge on any atom is -0.481 e. The van der Waals surface area contributed by atoms with Crippen LogP contribution in [-0.2, 0) is 35.1 Å². The molecule has 3 N–H and O–H groups in total. The van der Waals surface area contributed by atoms with Gasteiger partial charge in [-0.15, -0.1) is 0 Å². The molecule has 226 valence electrons. The largest absolute Gasteiger partial charge is 0.481 e. The van der Waals surface area contributed by atoms with Crippen molar-refractivity contribution in [1.82, 2.24) is 15.5 Å². The van der Waals surface area contributed by atoms with Crippen LogP contribution in [0.5, 0.6) is 0 Å². The number of nitrogens with one attached hydrogen (secondary N) is 2. The second-order valence-corrected chi connectivity index (χ2v) is 11.5. The number of carboxylic acid groups (broad SMARTS) is 1. The van der Waals surface area contributed by atoms with Gasteiger partial charge >= 0.3 is 11.9 Å². The van der Waals surface area contributed by atoms with Crippen LogP contribution in [0.4, 0.5) is 0 Å². The van der Waals surface area contributed by atoms with Gasteiger partial charge in [-0.3, -0.25) is 19.2 Å². The summed E-state index contributed by atoms with van der Waals surface area (Å²) < 4.78 is 5.93. The molecule has 0 unspecified atom stereocenters. The Morgan fingerprint density at radius 2 is 1.76 bits per heavy atom. The molecular formula is C31H45N3O7. The van der Waals surface area contributed by atoms with Gasteiger partial charge in [0, 0.05) is 12.5 Å². The molecule has 3 rings (SSSR count). The van der Waals surface area contributed by atoms with Crippen molar-refractivity contribution in [2.45, 2.75) is 122 Å². The molecule has 1 heterocycles. The number of hydrogen-bond donors (Lipinski definition) is 3. The topological polar surface area (TPSA) is 142 Å². The molecule has 2 fully saturated rings. The minimum atomic E-state index is -1.37. The van der Waals surface area contributed by atoms with Crippen LogP contribution in [0.3, 0.4) is 0 Å². The SMILES string of the molecule is CCCC[C@H](C)[C@H]1CC(=O)N[C@@H](Cc2ccccc2)C(=O)N[C@@H](C)C(=O)N(C2CCCCC2)[C@H](CC(=O)O)C(=O)O1. The van der Waals surface area contributed by atoms with Crippen LogP contribution < -0.4 is 10.6 Å². The molecule has 10 nitrogen and oxygen atoms in total. The maximum absolute atomic E-state index is 13.9. The number of ether oxygens (including phenoxy) is 1. The molecular weight excluding hydrogens is 526 g/mol. The zero-order chi connectivity index (χ0) is 29.9. The van der Waals surface area contributed by atoms with Crippen LogP contribution in [0, 0.1) is 5.92 Å². The van der Waals surface area contributed by atoms with Gasteiger partial charge in [0.15, 0.2) is 0 Å². The quantitative estimate of drug-likeness (QED) is 0.386. The Bertz CT molecular complexity index is 1060. The third-order valence-corrected chi connectivity index (χ3v) is 8.16. The molecule has 41 heavy (non-hydrogen) atoms. The summed E-state index contributed by atoms with van der Waals surface area (Å²) in [6.07, 6.45) is 4.98. The summed E-state index contributed by atoms with van der Waals surface area (Å²) in [5.41, 5.74) is 0.834. The molecule has 0 aromatic heterocycles. The lowest BCUT2D eigenvalue weighted by Gasteiger charge is -2.40. The monoisotopic (exact) mass is 571 g/mol. The number of carboxylic acids is 1. The molecule has 1 saturated carbocycles. The first-order chi connectivity index (χ1) is 19.6. The number of benzene rings is 1. The first kappa shape index (κ1) is 32.1. The first-order valence-corrected chi connectivity index (χ1v) is 15.0. The van der Waals surface area contributed by atoms with Gasteiger partial charge in [0.1, 0.15) is 24.2 Å². The lowest BCUT2D eigenvalue weighted by Crippen LogP contribution is -2.59. The highest BCUT2D eigenvalue weighted by atomic mass is 16.5. The van der Waals surface area contributed by atoms with Gasteiger partial charge in [0.25, 0.3) is 0 Å². The predicted octanol–water partition coefficient (Wildman–Crippen LogP) is 3.37. The molecule has 1 aliphatic heterocycles. The number of carbonyl (C=O) groups is 5. The fraction of sp³-hybridized carbons (Fsp3) is 0.645. The van der Waals surface area contributed by atoms with Crippen molar-refractivity contribution in [2.75, 3.05) is 0 Å². The number of esters is 1. The fourth-order valence-corrected chi connectivity index (χ4v) is 5.80. The zero-order valence-electron chi connectivity index (χ0n) is 24.5. The first-order valence-electron chi connectivity index (χ1n) is 15.0. The Balaban J connectivity index is 2.03. The highest BCUT2D eigenvalue weighted by Crippen LogP contribution is 2.28. The van der Waals surface area contributed by atoms with Crippen LogP contribution in [0.1, 0.15) is 90.5 Å². The average molecular weight is 572 g/mol. The van der Waals surface area contributed by atoms with Crippen molar-refractivity contribution in [3.05, 3.63) is 35.9 Å². The van der Waals surface area contributed by atoms with Crippen molar-refractivity contribution in [1.29, 1.82) is 0 Å². The van der Waals surface area contributed by atoms with E-state index in [1.54, 1.807) is 0 Å². The van der Waals surface area contributed by atoms with Gasteiger partial charge in [-0.25, -0.2) is 4.79 Å². The summed E-state index contributed by atoms with van der Waals surface area (Å²) in [4.78, 5) is 67.8. The second-order valence-electron chi connectivity index (χ2n) is 11.5. The number of unbranched alkanes of at least 4 members (excludes halogenated alkanes) is 1. The Morgan fingerprint density at radius 3 is 2.39 bits per heavy atom. The number of carbonyl (C=O) groups excluding carboxylic acids is 4. The van der Waals surface area contributed by atoms with Gasteiger partial charge < -0.3 is 25.4 Å². The van der Waals surface area contributed by atoms with Gasteiger partial charge in [-0.05, 0) is 37.7 Å². The van der Waals surface area contributed by atoms with Crippen LogP contribution in [0.2, 0.25) is 0 Å². The predicted molar refractivity (Wildman–Crippen MR) is 153 cm³/mol. The third kappa shape index (κ3) is 9.30. The zero-order valence-corrected chi connectivity index (χ0v) is 24.5. The molecule has 1 saturated heterocycles. The van der Waals surface area contributed by atoms with E-state index in [4.69, 9.17) is 4.74 Å². The molecule has 0 spiro atoms. The summed E-state index contributed by atoms with van der Waals surface area (Å²) in [6.45, 7) is 5.46. The van der Waals surface area contributed by atoms with Crippen molar-refractivity contribution in [3.63, 3.8) is 0 Å². The highest BCUT2D eigenvalue weighted by molar-refractivity contribution is 5.95. The van der Waals surface area contributed by atoms with E-state index >= 15 is 0 Å². The summed E-state index contributed by atoms with van der Waals surface area (Å²) in [7, 11) is 0. The van der Waals surface area contributed by atoms with Crippen molar-refractivity contribution in [2.24, 2.45) is 5.92 Å². The Kier molecular flexibility index (Phi) is 12.2. The summed E-state index contributed by atoms with van der Waals surface area (Å²) >= 11 is 0. The van der Waals surface area contributed by atoms with Gasteiger partial charge in [-0.1, -0.05) is 76.3 Å². The van der Waals surface area contributed by atoms with E-state index in [9.17, 15) is 29.1 Å². The maximum atomic E-state index is 13.9. The van der Waals surface area contributed by atoms with Crippen LogP contribution in [0.15, 0.2) is 30.3 Å². The molecule has 1 aromatic carbocycles. The smallest absolute Gasteiger partial charge is 0.329 e. The number of aliphatic carboxylic acids is 1. The molecule has 1 aliphatic carbocycles. The van der Waals surface area contributed by atoms with Crippen LogP contribution >= 0.6 is 0 Å². The molecule has 2 aliphatic rings. The lowest BCUT2D eigenvalue weighted by molar-refractivity contribution is -0.168.